The average Bonchev–Trinajstić information content (AvgIpc) is 2.29. The maximum Gasteiger partial charge on any atom is 0.419 e. The van der Waals surface area contributed by atoms with E-state index in [2.05, 4.69) is 0 Å². The number of aromatic amines is 1. The molecule has 0 aliphatic rings. The number of nitrogens with one attached hydrogen (secondary N) is 1. The van der Waals surface area contributed by atoms with E-state index in [9.17, 15) is 27.2 Å². The van der Waals surface area contributed by atoms with Crippen LogP contribution >= 0.6 is 0 Å². The maximum atomic E-state index is 13.1. The number of alkyl halides is 3. The summed E-state index contributed by atoms with van der Waals surface area (Å²) in [5.74, 6) is -1.44. The summed E-state index contributed by atoms with van der Waals surface area (Å²) in [5, 5.41) is 0. The second-order valence-electron chi connectivity index (χ2n) is 3.64. The van der Waals surface area contributed by atoms with Crippen LogP contribution in [0.25, 0.3) is 5.69 Å². The molecule has 1 heterocycles. The highest BCUT2D eigenvalue weighted by atomic mass is 19.4. The van der Waals surface area contributed by atoms with E-state index in [4.69, 9.17) is 0 Å². The van der Waals surface area contributed by atoms with Gasteiger partial charge < -0.3 is 0 Å². The van der Waals surface area contributed by atoms with Crippen molar-refractivity contribution in [3.05, 3.63) is 62.7 Å². The second kappa shape index (κ2) is 4.38. The van der Waals surface area contributed by atoms with Gasteiger partial charge in [-0.25, -0.2) is 9.18 Å². The number of hydrogen-bond donors (Lipinski definition) is 1. The van der Waals surface area contributed by atoms with E-state index in [1.54, 1.807) is 0 Å². The molecule has 4 nitrogen and oxygen atoms in total. The van der Waals surface area contributed by atoms with Gasteiger partial charge in [-0.15, -0.1) is 0 Å². The Morgan fingerprint density at radius 1 is 1.11 bits per heavy atom. The van der Waals surface area contributed by atoms with Gasteiger partial charge in [-0.05, 0) is 18.2 Å². The van der Waals surface area contributed by atoms with E-state index in [0.717, 1.165) is 22.9 Å². The number of hydrogen-bond acceptors (Lipinski definition) is 2. The minimum Gasteiger partial charge on any atom is -0.274 e. The largest absolute Gasteiger partial charge is 0.419 e. The molecule has 0 amide bonds. The van der Waals surface area contributed by atoms with Gasteiger partial charge in [0, 0.05) is 12.3 Å². The summed E-state index contributed by atoms with van der Waals surface area (Å²) < 4.78 is 51.4. The van der Waals surface area contributed by atoms with Crippen molar-refractivity contribution in [1.29, 1.82) is 0 Å². The molecule has 2 aromatic rings. The summed E-state index contributed by atoms with van der Waals surface area (Å²) in [6.07, 6.45) is -3.86. The summed E-state index contributed by atoms with van der Waals surface area (Å²) in [6, 6.07) is 3.08. The van der Waals surface area contributed by atoms with Crippen LogP contribution in [0.15, 0.2) is 40.1 Å². The number of halogens is 4. The van der Waals surface area contributed by atoms with E-state index >= 15 is 0 Å². The van der Waals surface area contributed by atoms with Crippen LogP contribution in [0.2, 0.25) is 0 Å². The highest BCUT2D eigenvalue weighted by Crippen LogP contribution is 2.32. The molecule has 0 fully saturated rings. The van der Waals surface area contributed by atoms with Crippen molar-refractivity contribution in [3.8, 4) is 5.69 Å². The van der Waals surface area contributed by atoms with Gasteiger partial charge in [0.15, 0.2) is 0 Å². The first-order chi connectivity index (χ1) is 8.79. The van der Waals surface area contributed by atoms with Crippen LogP contribution in [-0.4, -0.2) is 9.55 Å². The van der Waals surface area contributed by atoms with Gasteiger partial charge in [-0.2, -0.15) is 13.2 Å². The van der Waals surface area contributed by atoms with Crippen molar-refractivity contribution >= 4 is 0 Å². The summed E-state index contributed by atoms with van der Waals surface area (Å²) in [7, 11) is 0. The van der Waals surface area contributed by atoms with Gasteiger partial charge in [0.25, 0.3) is 5.56 Å². The molecule has 8 heteroatoms. The monoisotopic (exact) mass is 274 g/mol. The third-order valence-electron chi connectivity index (χ3n) is 2.36. The smallest absolute Gasteiger partial charge is 0.274 e. The lowest BCUT2D eigenvalue weighted by atomic mass is 10.2. The number of aromatic nitrogens is 2. The Morgan fingerprint density at radius 3 is 2.37 bits per heavy atom. The Morgan fingerprint density at radius 2 is 1.79 bits per heavy atom. The summed E-state index contributed by atoms with van der Waals surface area (Å²) in [4.78, 5) is 24.2. The molecule has 1 N–H and O–H groups in total. The van der Waals surface area contributed by atoms with E-state index in [-0.39, 0.29) is 5.69 Å². The zero-order chi connectivity index (χ0) is 14.2. The zero-order valence-electron chi connectivity index (χ0n) is 9.16. The maximum absolute atomic E-state index is 13.1. The molecule has 100 valence electrons. The summed E-state index contributed by atoms with van der Waals surface area (Å²) in [6.45, 7) is 0. The van der Waals surface area contributed by atoms with Crippen molar-refractivity contribution in [2.24, 2.45) is 0 Å². The van der Waals surface area contributed by atoms with Gasteiger partial charge in [-0.1, -0.05) is 0 Å². The normalized spacial score (nSPS) is 11.6. The van der Waals surface area contributed by atoms with Crippen LogP contribution in [0.1, 0.15) is 5.56 Å². The fourth-order valence-corrected chi connectivity index (χ4v) is 1.50. The topological polar surface area (TPSA) is 54.9 Å². The standard InChI is InChI=1S/C11H6F4N2O2/c12-8-2-1-6(5-7(8)11(13,14)15)17-4-3-9(18)16-10(17)19/h1-5H,(H,16,18,19). The first kappa shape index (κ1) is 13.1. The van der Waals surface area contributed by atoms with E-state index in [1.807, 2.05) is 4.98 Å². The SMILES string of the molecule is O=c1ccn(-c2ccc(F)c(C(F)(F)F)c2)c(=O)[nH]1. The lowest BCUT2D eigenvalue weighted by Gasteiger charge is -2.11. The zero-order valence-corrected chi connectivity index (χ0v) is 9.16. The molecule has 2 rings (SSSR count). The van der Waals surface area contributed by atoms with Crippen molar-refractivity contribution in [3.63, 3.8) is 0 Å². The highest BCUT2D eigenvalue weighted by Gasteiger charge is 2.34. The average molecular weight is 274 g/mol. The van der Waals surface area contributed by atoms with Crippen LogP contribution in [0.3, 0.4) is 0 Å². The van der Waals surface area contributed by atoms with Gasteiger partial charge in [0.05, 0.1) is 11.3 Å². The fraction of sp³-hybridized carbons (Fsp3) is 0.0909. The number of nitrogens with zero attached hydrogens (tertiary/aromatic N) is 1. The Bertz CT molecular complexity index is 730. The van der Waals surface area contributed by atoms with Gasteiger partial charge in [0.1, 0.15) is 5.82 Å². The molecule has 1 aromatic heterocycles. The molecule has 0 bridgehead atoms. The summed E-state index contributed by atoms with van der Waals surface area (Å²) >= 11 is 0. The van der Waals surface area contributed by atoms with Gasteiger partial charge in [-0.3, -0.25) is 14.3 Å². The molecule has 0 atom stereocenters. The molecule has 0 aliphatic heterocycles. The molecule has 19 heavy (non-hydrogen) atoms. The van der Waals surface area contributed by atoms with Crippen LogP contribution in [-0.2, 0) is 6.18 Å². The molecule has 0 saturated carbocycles. The predicted molar refractivity (Wildman–Crippen MR) is 57.6 cm³/mol. The van der Waals surface area contributed by atoms with Gasteiger partial charge >= 0.3 is 11.9 Å². The van der Waals surface area contributed by atoms with Crippen molar-refractivity contribution in [2.75, 3.05) is 0 Å². The number of rotatable bonds is 1. The lowest BCUT2D eigenvalue weighted by Crippen LogP contribution is -2.27. The summed E-state index contributed by atoms with van der Waals surface area (Å²) in [5.41, 5.74) is -3.27. The molecular weight excluding hydrogens is 268 g/mol. The third-order valence-corrected chi connectivity index (χ3v) is 2.36. The molecule has 1 aromatic carbocycles. The Balaban J connectivity index is 2.65. The van der Waals surface area contributed by atoms with Crippen molar-refractivity contribution in [2.45, 2.75) is 6.18 Å². The Hall–Kier alpha value is -2.38. The molecule has 0 unspecified atom stereocenters. The third kappa shape index (κ3) is 2.56. The Labute approximate surface area is 102 Å². The van der Waals surface area contributed by atoms with Crippen LogP contribution in [0.4, 0.5) is 17.6 Å². The van der Waals surface area contributed by atoms with Crippen molar-refractivity contribution in [1.82, 2.24) is 9.55 Å². The van der Waals surface area contributed by atoms with E-state index in [0.29, 0.717) is 12.1 Å². The minimum absolute atomic E-state index is 0.199. The first-order valence-electron chi connectivity index (χ1n) is 4.98. The predicted octanol–water partition coefficient (Wildman–Crippen LogP) is 1.68. The van der Waals surface area contributed by atoms with E-state index in [1.165, 1.54) is 0 Å². The second-order valence-corrected chi connectivity index (χ2v) is 3.64. The van der Waals surface area contributed by atoms with E-state index < -0.39 is 28.8 Å². The Kier molecular flexibility index (Phi) is 3.01. The molecular formula is C11H6F4N2O2. The molecule has 0 radical (unpaired) electrons. The molecule has 0 aliphatic carbocycles. The quantitative estimate of drug-likeness (QED) is 0.804. The minimum atomic E-state index is -4.87. The number of benzene rings is 1. The first-order valence-corrected chi connectivity index (χ1v) is 4.98. The highest BCUT2D eigenvalue weighted by molar-refractivity contribution is 5.37. The van der Waals surface area contributed by atoms with Crippen LogP contribution in [0, 0.1) is 5.82 Å². The van der Waals surface area contributed by atoms with Crippen LogP contribution < -0.4 is 11.2 Å². The number of H-pyrrole nitrogens is 1. The fourth-order valence-electron chi connectivity index (χ4n) is 1.50. The molecule has 0 spiro atoms. The van der Waals surface area contributed by atoms with Gasteiger partial charge in [0.2, 0.25) is 0 Å². The van der Waals surface area contributed by atoms with Crippen molar-refractivity contribution < 1.29 is 17.6 Å². The van der Waals surface area contributed by atoms with Crippen LogP contribution in [0.5, 0.6) is 0 Å². The lowest BCUT2D eigenvalue weighted by molar-refractivity contribution is -0.140. The molecule has 0 saturated heterocycles.